The number of aromatic nitrogens is 2. The molecule has 1 aromatic carbocycles. The lowest BCUT2D eigenvalue weighted by molar-refractivity contribution is 0.0606. The smallest absolute Gasteiger partial charge is 0.349 e. The first-order valence-electron chi connectivity index (χ1n) is 6.38. The van der Waals surface area contributed by atoms with Crippen LogP contribution in [0.25, 0.3) is 10.9 Å². The minimum absolute atomic E-state index is 0.368. The van der Waals surface area contributed by atoms with Crippen molar-refractivity contribution < 1.29 is 9.53 Å². The van der Waals surface area contributed by atoms with Crippen LogP contribution in [0.4, 0.5) is 5.13 Å². The molecule has 0 radical (unpaired) electrons. The van der Waals surface area contributed by atoms with E-state index in [1.807, 2.05) is 30.3 Å². The number of nitrogens with one attached hydrogen (secondary N) is 1. The van der Waals surface area contributed by atoms with Gasteiger partial charge in [-0.3, -0.25) is 4.98 Å². The zero-order chi connectivity index (χ0) is 14.7. The van der Waals surface area contributed by atoms with Crippen LogP contribution in [-0.4, -0.2) is 23.0 Å². The van der Waals surface area contributed by atoms with Crippen LogP contribution in [0.1, 0.15) is 15.2 Å². The second-order valence-corrected chi connectivity index (χ2v) is 5.40. The average Bonchev–Trinajstić information content (AvgIpc) is 3.01. The molecule has 0 unspecified atom stereocenters. The largest absolute Gasteiger partial charge is 0.465 e. The summed E-state index contributed by atoms with van der Waals surface area (Å²) in [5.74, 6) is -0.368. The molecule has 0 saturated carbocycles. The predicted molar refractivity (Wildman–Crippen MR) is 82.5 cm³/mol. The van der Waals surface area contributed by atoms with Crippen molar-refractivity contribution in [1.82, 2.24) is 9.97 Å². The fourth-order valence-electron chi connectivity index (χ4n) is 2.03. The minimum Gasteiger partial charge on any atom is -0.465 e. The van der Waals surface area contributed by atoms with E-state index < -0.39 is 0 Å². The number of rotatable bonds is 4. The van der Waals surface area contributed by atoms with Gasteiger partial charge in [-0.05, 0) is 11.6 Å². The maximum absolute atomic E-state index is 11.4. The van der Waals surface area contributed by atoms with Crippen molar-refractivity contribution in [2.75, 3.05) is 12.4 Å². The average molecular weight is 299 g/mol. The van der Waals surface area contributed by atoms with Gasteiger partial charge in [0, 0.05) is 18.1 Å². The molecule has 6 heteroatoms. The Labute approximate surface area is 125 Å². The molecule has 0 saturated heterocycles. The van der Waals surface area contributed by atoms with E-state index in [1.54, 1.807) is 6.20 Å². The number of esters is 1. The maximum Gasteiger partial charge on any atom is 0.349 e. The fraction of sp³-hybridized carbons (Fsp3) is 0.133. The van der Waals surface area contributed by atoms with Gasteiger partial charge in [0.05, 0.1) is 18.8 Å². The second-order valence-electron chi connectivity index (χ2n) is 4.37. The lowest BCUT2D eigenvalue weighted by Crippen LogP contribution is -2.00. The van der Waals surface area contributed by atoms with Crippen LogP contribution in [0, 0.1) is 0 Å². The number of hydrogen-bond donors (Lipinski definition) is 1. The molecule has 2 heterocycles. The lowest BCUT2D eigenvalue weighted by Gasteiger charge is -2.06. The summed E-state index contributed by atoms with van der Waals surface area (Å²) in [5.41, 5.74) is 2.06. The Kier molecular flexibility index (Phi) is 3.79. The number of anilines is 1. The molecule has 0 aliphatic carbocycles. The van der Waals surface area contributed by atoms with Crippen LogP contribution in [0.3, 0.4) is 0 Å². The number of fused-ring (bicyclic) bond motifs is 1. The highest BCUT2D eigenvalue weighted by atomic mass is 32.1. The van der Waals surface area contributed by atoms with Crippen molar-refractivity contribution in [2.45, 2.75) is 6.54 Å². The normalized spacial score (nSPS) is 10.5. The summed E-state index contributed by atoms with van der Waals surface area (Å²) in [6.45, 7) is 0.600. The van der Waals surface area contributed by atoms with Gasteiger partial charge in [0.1, 0.15) is 4.88 Å². The molecule has 0 amide bonds. The number of thiazole rings is 1. The molecule has 2 aromatic heterocycles. The van der Waals surface area contributed by atoms with Gasteiger partial charge in [0.25, 0.3) is 0 Å². The third kappa shape index (κ3) is 2.85. The second kappa shape index (κ2) is 5.88. The first kappa shape index (κ1) is 13.5. The number of ether oxygens (including phenoxy) is 1. The molecular weight excluding hydrogens is 286 g/mol. The molecule has 0 fully saturated rings. The summed E-state index contributed by atoms with van der Waals surface area (Å²) >= 11 is 1.27. The Bertz CT molecular complexity index is 780. The van der Waals surface area contributed by atoms with E-state index >= 15 is 0 Å². The minimum atomic E-state index is -0.368. The van der Waals surface area contributed by atoms with Gasteiger partial charge in [0.15, 0.2) is 5.13 Å². The molecule has 0 atom stereocenters. The molecule has 0 spiro atoms. The summed E-state index contributed by atoms with van der Waals surface area (Å²) in [7, 11) is 1.36. The highest BCUT2D eigenvalue weighted by molar-refractivity contribution is 7.17. The van der Waals surface area contributed by atoms with Crippen molar-refractivity contribution in [3.63, 3.8) is 0 Å². The molecule has 0 aliphatic rings. The van der Waals surface area contributed by atoms with Crippen LogP contribution in [0.2, 0.25) is 0 Å². The Balaban J connectivity index is 1.77. The van der Waals surface area contributed by atoms with Gasteiger partial charge in [-0.2, -0.15) is 0 Å². The van der Waals surface area contributed by atoms with Crippen LogP contribution in [-0.2, 0) is 11.3 Å². The molecule has 0 bridgehead atoms. The van der Waals surface area contributed by atoms with E-state index in [2.05, 4.69) is 20.0 Å². The number of hydrogen-bond acceptors (Lipinski definition) is 6. The molecule has 21 heavy (non-hydrogen) atoms. The summed E-state index contributed by atoms with van der Waals surface area (Å²) in [6, 6.07) is 10.0. The summed E-state index contributed by atoms with van der Waals surface area (Å²) in [6.07, 6.45) is 3.30. The van der Waals surface area contributed by atoms with Gasteiger partial charge in [-0.15, -0.1) is 0 Å². The van der Waals surface area contributed by atoms with E-state index in [9.17, 15) is 4.79 Å². The zero-order valence-corrected chi connectivity index (χ0v) is 12.2. The summed E-state index contributed by atoms with van der Waals surface area (Å²) in [4.78, 5) is 20.4. The molecule has 0 aliphatic heterocycles. The highest BCUT2D eigenvalue weighted by Gasteiger charge is 2.10. The van der Waals surface area contributed by atoms with Crippen molar-refractivity contribution in [3.8, 4) is 0 Å². The third-order valence-corrected chi connectivity index (χ3v) is 3.97. The number of carbonyl (C=O) groups excluding carboxylic acids is 1. The topological polar surface area (TPSA) is 64.1 Å². The van der Waals surface area contributed by atoms with Crippen LogP contribution >= 0.6 is 11.3 Å². The fourth-order valence-corrected chi connectivity index (χ4v) is 2.76. The molecule has 3 rings (SSSR count). The molecule has 3 aromatic rings. The van der Waals surface area contributed by atoms with Crippen LogP contribution in [0.15, 0.2) is 42.7 Å². The van der Waals surface area contributed by atoms with E-state index in [1.165, 1.54) is 24.6 Å². The summed E-state index contributed by atoms with van der Waals surface area (Å²) < 4.78 is 4.66. The van der Waals surface area contributed by atoms with Crippen LogP contribution in [0.5, 0.6) is 0 Å². The summed E-state index contributed by atoms with van der Waals surface area (Å²) in [5, 5.41) is 5.00. The highest BCUT2D eigenvalue weighted by Crippen LogP contribution is 2.21. The van der Waals surface area contributed by atoms with Crippen molar-refractivity contribution in [3.05, 3.63) is 53.2 Å². The third-order valence-electron chi connectivity index (χ3n) is 3.04. The first-order valence-corrected chi connectivity index (χ1v) is 7.20. The van der Waals surface area contributed by atoms with Crippen LogP contribution < -0.4 is 5.32 Å². The van der Waals surface area contributed by atoms with Crippen molar-refractivity contribution in [2.24, 2.45) is 0 Å². The van der Waals surface area contributed by atoms with E-state index in [4.69, 9.17) is 0 Å². The number of nitrogens with zero attached hydrogens (tertiary/aromatic N) is 2. The molecule has 106 valence electrons. The predicted octanol–water partition coefficient (Wildman–Crippen LogP) is 3.09. The van der Waals surface area contributed by atoms with Gasteiger partial charge in [-0.25, -0.2) is 9.78 Å². The van der Waals surface area contributed by atoms with Crippen molar-refractivity contribution >= 4 is 33.3 Å². The van der Waals surface area contributed by atoms with Gasteiger partial charge in [0.2, 0.25) is 0 Å². The van der Waals surface area contributed by atoms with E-state index in [0.717, 1.165) is 16.5 Å². The number of para-hydroxylation sites is 1. The Morgan fingerprint density at radius 2 is 2.14 bits per heavy atom. The van der Waals surface area contributed by atoms with Crippen molar-refractivity contribution in [1.29, 1.82) is 0 Å². The number of benzene rings is 1. The van der Waals surface area contributed by atoms with E-state index in [-0.39, 0.29) is 5.97 Å². The first-order chi connectivity index (χ1) is 10.3. The quantitative estimate of drug-likeness (QED) is 0.750. The molecular formula is C15H13N3O2S. The number of methoxy groups -OCH3 is 1. The lowest BCUT2D eigenvalue weighted by atomic mass is 10.1. The Morgan fingerprint density at radius 3 is 3.00 bits per heavy atom. The maximum atomic E-state index is 11.4. The van der Waals surface area contributed by atoms with Gasteiger partial charge in [-0.1, -0.05) is 35.6 Å². The molecule has 5 nitrogen and oxygen atoms in total. The SMILES string of the molecule is COC(=O)c1cnc(NCc2cccc3cccnc23)s1. The van der Waals surface area contributed by atoms with Gasteiger partial charge < -0.3 is 10.1 Å². The monoisotopic (exact) mass is 299 g/mol. The zero-order valence-electron chi connectivity index (χ0n) is 11.4. The number of carbonyl (C=O) groups is 1. The van der Waals surface area contributed by atoms with E-state index in [0.29, 0.717) is 16.6 Å². The number of pyridine rings is 1. The Hall–Kier alpha value is -2.47. The molecule has 1 N–H and O–H groups in total. The van der Waals surface area contributed by atoms with Gasteiger partial charge >= 0.3 is 5.97 Å². The standard InChI is InChI=1S/C15H13N3O2S/c1-20-14(19)12-9-18-15(21-12)17-8-11-5-2-4-10-6-3-7-16-13(10)11/h2-7,9H,8H2,1H3,(H,17,18). The Morgan fingerprint density at radius 1 is 1.29 bits per heavy atom.